The Morgan fingerprint density at radius 2 is 1.95 bits per heavy atom. The summed E-state index contributed by atoms with van der Waals surface area (Å²) in [5.41, 5.74) is 6.21. The highest BCUT2D eigenvalue weighted by atomic mass is 32.2. The molecule has 1 aromatic rings. The molecule has 3 N–H and O–H groups in total. The van der Waals surface area contributed by atoms with Crippen molar-refractivity contribution in [2.45, 2.75) is 30.8 Å². The quantitative estimate of drug-likeness (QED) is 0.776. The topological polar surface area (TPSA) is 75.4 Å². The summed E-state index contributed by atoms with van der Waals surface area (Å²) in [6.07, 6.45) is 0.761. The van der Waals surface area contributed by atoms with Crippen molar-refractivity contribution in [1.82, 2.24) is 9.62 Å². The summed E-state index contributed by atoms with van der Waals surface area (Å²) in [5, 5.41) is 0. The van der Waals surface area contributed by atoms with Gasteiger partial charge in [-0.25, -0.2) is 13.1 Å². The molecule has 0 aliphatic carbocycles. The number of sulfonamides is 1. The minimum atomic E-state index is -3.50. The molecule has 0 fully saturated rings. The minimum Gasteiger partial charge on any atom is -0.326 e. The maximum atomic E-state index is 12.3. The van der Waals surface area contributed by atoms with E-state index in [1.165, 1.54) is 0 Å². The molecule has 1 atom stereocenters. The van der Waals surface area contributed by atoms with E-state index >= 15 is 0 Å². The van der Waals surface area contributed by atoms with Gasteiger partial charge in [0.15, 0.2) is 0 Å². The molecule has 108 valence electrons. The number of hydrogen-bond acceptors (Lipinski definition) is 4. The zero-order valence-corrected chi connectivity index (χ0v) is 12.6. The van der Waals surface area contributed by atoms with Gasteiger partial charge in [-0.05, 0) is 45.6 Å². The van der Waals surface area contributed by atoms with Gasteiger partial charge in [-0.2, -0.15) is 0 Å². The Morgan fingerprint density at radius 3 is 2.53 bits per heavy atom. The van der Waals surface area contributed by atoms with E-state index in [-0.39, 0.29) is 17.5 Å². The van der Waals surface area contributed by atoms with E-state index in [4.69, 9.17) is 5.73 Å². The molecule has 0 aromatic heterocycles. The average Bonchev–Trinajstić information content (AvgIpc) is 2.35. The van der Waals surface area contributed by atoms with E-state index < -0.39 is 10.0 Å². The van der Waals surface area contributed by atoms with Crippen LogP contribution >= 0.6 is 0 Å². The molecule has 0 bridgehead atoms. The third kappa shape index (κ3) is 4.91. The Hall–Kier alpha value is -0.950. The smallest absolute Gasteiger partial charge is 0.241 e. The Bertz CT molecular complexity index is 500. The van der Waals surface area contributed by atoms with Gasteiger partial charge in [0.1, 0.15) is 0 Å². The first kappa shape index (κ1) is 16.1. The van der Waals surface area contributed by atoms with Crippen LogP contribution in [0.5, 0.6) is 0 Å². The molecule has 0 heterocycles. The normalized spacial score (nSPS) is 13.7. The van der Waals surface area contributed by atoms with Crippen LogP contribution in [0, 0.1) is 0 Å². The summed E-state index contributed by atoms with van der Waals surface area (Å²) >= 11 is 0. The van der Waals surface area contributed by atoms with Crippen LogP contribution in [-0.4, -0.2) is 40.0 Å². The van der Waals surface area contributed by atoms with Gasteiger partial charge >= 0.3 is 0 Å². The zero-order valence-electron chi connectivity index (χ0n) is 11.8. The van der Waals surface area contributed by atoms with Crippen molar-refractivity contribution in [3.8, 4) is 0 Å². The fourth-order valence-corrected chi connectivity index (χ4v) is 3.30. The zero-order chi connectivity index (χ0) is 14.5. The lowest BCUT2D eigenvalue weighted by Crippen LogP contribution is -2.35. The number of nitrogens with zero attached hydrogens (tertiary/aromatic N) is 1. The number of hydrogen-bond donors (Lipinski definition) is 2. The number of rotatable bonds is 7. The van der Waals surface area contributed by atoms with E-state index in [1.54, 1.807) is 24.3 Å². The van der Waals surface area contributed by atoms with Crippen LogP contribution in [0.25, 0.3) is 0 Å². The predicted octanol–water partition coefficient (Wildman–Crippen LogP) is 0.764. The first-order valence-corrected chi connectivity index (χ1v) is 7.80. The van der Waals surface area contributed by atoms with Gasteiger partial charge in [0.25, 0.3) is 0 Å². The van der Waals surface area contributed by atoms with Gasteiger partial charge < -0.3 is 10.6 Å². The predicted molar refractivity (Wildman–Crippen MR) is 77.3 cm³/mol. The van der Waals surface area contributed by atoms with E-state index in [2.05, 4.69) is 4.72 Å². The molecule has 0 saturated carbocycles. The summed E-state index contributed by atoms with van der Waals surface area (Å²) < 4.78 is 27.3. The second-order valence-corrected chi connectivity index (χ2v) is 6.61. The first-order valence-electron chi connectivity index (χ1n) is 6.32. The summed E-state index contributed by atoms with van der Waals surface area (Å²) in [6.45, 7) is 2.91. The molecule has 1 unspecified atom stereocenters. The number of nitrogens with one attached hydrogen (secondary N) is 1. The molecular formula is C13H23N3O2S. The molecule has 0 radical (unpaired) electrons. The van der Waals surface area contributed by atoms with E-state index in [0.717, 1.165) is 13.0 Å². The Labute approximate surface area is 115 Å². The fourth-order valence-electron chi connectivity index (χ4n) is 1.77. The fraction of sp³-hybridized carbons (Fsp3) is 0.538. The van der Waals surface area contributed by atoms with E-state index in [0.29, 0.717) is 5.56 Å². The summed E-state index contributed by atoms with van der Waals surface area (Å²) in [4.78, 5) is 2.30. The molecule has 1 rings (SSSR count). The molecule has 0 saturated heterocycles. The Morgan fingerprint density at radius 1 is 1.32 bits per heavy atom. The monoisotopic (exact) mass is 285 g/mol. The van der Waals surface area contributed by atoms with Crippen LogP contribution in [0.3, 0.4) is 0 Å². The molecular weight excluding hydrogens is 262 g/mol. The molecule has 5 nitrogen and oxygen atoms in total. The number of nitrogens with two attached hydrogens (primary N) is 1. The van der Waals surface area contributed by atoms with Crippen LogP contribution in [0.2, 0.25) is 0 Å². The number of benzene rings is 1. The van der Waals surface area contributed by atoms with Crippen LogP contribution < -0.4 is 10.5 Å². The highest BCUT2D eigenvalue weighted by molar-refractivity contribution is 7.89. The van der Waals surface area contributed by atoms with Gasteiger partial charge in [-0.3, -0.25) is 0 Å². The van der Waals surface area contributed by atoms with Gasteiger partial charge in [0.05, 0.1) is 4.90 Å². The van der Waals surface area contributed by atoms with Gasteiger partial charge in [0, 0.05) is 12.6 Å². The molecule has 19 heavy (non-hydrogen) atoms. The van der Waals surface area contributed by atoms with Gasteiger partial charge in [0.2, 0.25) is 10.0 Å². The minimum absolute atomic E-state index is 0.113. The lowest BCUT2D eigenvalue weighted by atomic mass is 10.2. The highest BCUT2D eigenvalue weighted by Gasteiger charge is 2.19. The first-order chi connectivity index (χ1) is 8.86. The van der Waals surface area contributed by atoms with Crippen molar-refractivity contribution >= 4 is 10.0 Å². The van der Waals surface area contributed by atoms with Crippen LogP contribution in [-0.2, 0) is 16.6 Å². The summed E-state index contributed by atoms with van der Waals surface area (Å²) in [5.74, 6) is 0. The van der Waals surface area contributed by atoms with Crippen molar-refractivity contribution in [2.24, 2.45) is 5.73 Å². The van der Waals surface area contributed by atoms with Crippen molar-refractivity contribution < 1.29 is 8.42 Å². The van der Waals surface area contributed by atoms with Crippen molar-refractivity contribution in [3.05, 3.63) is 29.8 Å². The molecule has 0 aliphatic heterocycles. The summed E-state index contributed by atoms with van der Waals surface area (Å²) in [7, 11) is 0.428. The molecule has 0 amide bonds. The summed E-state index contributed by atoms with van der Waals surface area (Å²) in [6, 6.07) is 6.70. The second kappa shape index (κ2) is 7.00. The third-order valence-electron chi connectivity index (χ3n) is 2.85. The molecule has 0 spiro atoms. The molecule has 1 aromatic carbocycles. The van der Waals surface area contributed by atoms with Gasteiger partial charge in [-0.1, -0.05) is 18.2 Å². The molecule has 6 heteroatoms. The van der Waals surface area contributed by atoms with Crippen LogP contribution in [0.1, 0.15) is 18.9 Å². The Kier molecular flexibility index (Phi) is 5.93. The van der Waals surface area contributed by atoms with Crippen molar-refractivity contribution in [2.75, 3.05) is 20.6 Å². The SMILES string of the molecule is CC(CCN(C)C)NS(=O)(=O)c1ccccc1CN. The lowest BCUT2D eigenvalue weighted by molar-refractivity contribution is 0.379. The Balaban J connectivity index is 2.81. The molecule has 0 aliphatic rings. The standard InChI is InChI=1S/C13H23N3O2S/c1-11(8-9-16(2)3)15-19(17,18)13-7-5-4-6-12(13)10-14/h4-7,11,15H,8-10,14H2,1-3H3. The largest absolute Gasteiger partial charge is 0.326 e. The van der Waals surface area contributed by atoms with Crippen LogP contribution in [0.4, 0.5) is 0 Å². The maximum absolute atomic E-state index is 12.3. The van der Waals surface area contributed by atoms with Gasteiger partial charge in [-0.15, -0.1) is 0 Å². The van der Waals surface area contributed by atoms with Crippen molar-refractivity contribution in [1.29, 1.82) is 0 Å². The van der Waals surface area contributed by atoms with Crippen molar-refractivity contribution in [3.63, 3.8) is 0 Å². The van der Waals surface area contributed by atoms with E-state index in [9.17, 15) is 8.42 Å². The average molecular weight is 285 g/mol. The van der Waals surface area contributed by atoms with E-state index in [1.807, 2.05) is 25.9 Å². The third-order valence-corrected chi connectivity index (χ3v) is 4.54. The highest BCUT2D eigenvalue weighted by Crippen LogP contribution is 2.15. The lowest BCUT2D eigenvalue weighted by Gasteiger charge is -2.17. The second-order valence-electron chi connectivity index (χ2n) is 4.93. The van der Waals surface area contributed by atoms with Crippen LogP contribution in [0.15, 0.2) is 29.2 Å². The maximum Gasteiger partial charge on any atom is 0.241 e.